The van der Waals surface area contributed by atoms with Crippen LogP contribution < -0.4 is 0 Å². The summed E-state index contributed by atoms with van der Waals surface area (Å²) in [7, 11) is 0. The molecule has 1 rings (SSSR count). The van der Waals surface area contributed by atoms with Gasteiger partial charge >= 0.3 is 0 Å². The highest BCUT2D eigenvalue weighted by Crippen LogP contribution is 2.29. The molecule has 0 aromatic carbocycles. The Morgan fingerprint density at radius 3 is 2.43 bits per heavy atom. The molecule has 3 nitrogen and oxygen atoms in total. The van der Waals surface area contributed by atoms with Gasteiger partial charge in [-0.05, 0) is 32.1 Å². The standard InChI is InChI=1S/C11H21NO2/c1-10(2)6-5-7-12(8-10)9(13)11(3,4)14/h14H,5-8H2,1-4H3. The Bertz CT molecular complexity index is 228. The van der Waals surface area contributed by atoms with Crippen LogP contribution in [0.5, 0.6) is 0 Å². The monoisotopic (exact) mass is 199 g/mol. The molecule has 0 unspecified atom stereocenters. The van der Waals surface area contributed by atoms with Gasteiger partial charge < -0.3 is 10.0 Å². The van der Waals surface area contributed by atoms with Gasteiger partial charge in [0.2, 0.25) is 0 Å². The molecule has 0 radical (unpaired) electrons. The lowest BCUT2D eigenvalue weighted by Crippen LogP contribution is -2.51. The summed E-state index contributed by atoms with van der Waals surface area (Å²) < 4.78 is 0. The minimum absolute atomic E-state index is 0.148. The molecule has 0 atom stereocenters. The second-order valence-electron chi connectivity index (χ2n) is 5.55. The summed E-state index contributed by atoms with van der Waals surface area (Å²) in [6, 6.07) is 0. The molecule has 1 aliphatic rings. The SMILES string of the molecule is CC1(C)CCCN(C(=O)C(C)(C)O)C1. The summed E-state index contributed by atoms with van der Waals surface area (Å²) in [4.78, 5) is 13.6. The Morgan fingerprint density at radius 2 is 2.00 bits per heavy atom. The highest BCUT2D eigenvalue weighted by Gasteiger charge is 2.35. The molecule has 1 amide bonds. The van der Waals surface area contributed by atoms with Crippen LogP contribution >= 0.6 is 0 Å². The number of likely N-dealkylation sites (tertiary alicyclic amines) is 1. The summed E-state index contributed by atoms with van der Waals surface area (Å²) in [5.74, 6) is -0.148. The predicted molar refractivity (Wildman–Crippen MR) is 55.9 cm³/mol. The Hall–Kier alpha value is -0.570. The molecule has 1 saturated heterocycles. The lowest BCUT2D eigenvalue weighted by molar-refractivity contribution is -0.151. The predicted octanol–water partition coefficient (Wildman–Crippen LogP) is 1.41. The molecule has 1 heterocycles. The molecule has 0 spiro atoms. The van der Waals surface area contributed by atoms with E-state index < -0.39 is 5.60 Å². The van der Waals surface area contributed by atoms with E-state index in [2.05, 4.69) is 13.8 Å². The molecule has 1 aliphatic heterocycles. The van der Waals surface area contributed by atoms with Crippen molar-refractivity contribution in [1.29, 1.82) is 0 Å². The largest absolute Gasteiger partial charge is 0.381 e. The third-order valence-corrected chi connectivity index (χ3v) is 2.71. The number of nitrogens with zero attached hydrogens (tertiary/aromatic N) is 1. The van der Waals surface area contributed by atoms with Gasteiger partial charge in [-0.2, -0.15) is 0 Å². The maximum Gasteiger partial charge on any atom is 0.253 e. The first-order chi connectivity index (χ1) is 6.22. The van der Waals surface area contributed by atoms with E-state index >= 15 is 0 Å². The van der Waals surface area contributed by atoms with Gasteiger partial charge in [-0.15, -0.1) is 0 Å². The second-order valence-corrected chi connectivity index (χ2v) is 5.55. The average molecular weight is 199 g/mol. The normalized spacial score (nSPS) is 22.2. The fourth-order valence-electron chi connectivity index (χ4n) is 1.98. The summed E-state index contributed by atoms with van der Waals surface area (Å²) in [6.07, 6.45) is 2.19. The van der Waals surface area contributed by atoms with E-state index in [-0.39, 0.29) is 11.3 Å². The van der Waals surface area contributed by atoms with Crippen molar-refractivity contribution in [3.8, 4) is 0 Å². The quantitative estimate of drug-likeness (QED) is 0.693. The molecule has 0 bridgehead atoms. The van der Waals surface area contributed by atoms with Crippen molar-refractivity contribution in [2.45, 2.75) is 46.1 Å². The highest BCUT2D eigenvalue weighted by molar-refractivity contribution is 5.84. The number of amides is 1. The first-order valence-electron chi connectivity index (χ1n) is 5.24. The lowest BCUT2D eigenvalue weighted by Gasteiger charge is -2.40. The van der Waals surface area contributed by atoms with Crippen LogP contribution in [-0.4, -0.2) is 34.6 Å². The summed E-state index contributed by atoms with van der Waals surface area (Å²) in [5, 5.41) is 9.62. The lowest BCUT2D eigenvalue weighted by atomic mass is 9.83. The van der Waals surface area contributed by atoms with Crippen molar-refractivity contribution < 1.29 is 9.90 Å². The van der Waals surface area contributed by atoms with Crippen LogP contribution in [0.15, 0.2) is 0 Å². The van der Waals surface area contributed by atoms with Gasteiger partial charge in [0.05, 0.1) is 0 Å². The van der Waals surface area contributed by atoms with Gasteiger partial charge in [0.25, 0.3) is 5.91 Å². The molecular formula is C11H21NO2. The fourth-order valence-corrected chi connectivity index (χ4v) is 1.98. The number of carbonyl (C=O) groups is 1. The Morgan fingerprint density at radius 1 is 1.43 bits per heavy atom. The van der Waals surface area contributed by atoms with Crippen molar-refractivity contribution in [2.24, 2.45) is 5.41 Å². The summed E-state index contributed by atoms with van der Waals surface area (Å²) in [6.45, 7) is 8.98. The van der Waals surface area contributed by atoms with Gasteiger partial charge in [-0.1, -0.05) is 13.8 Å². The smallest absolute Gasteiger partial charge is 0.253 e. The molecular weight excluding hydrogens is 178 g/mol. The van der Waals surface area contributed by atoms with Crippen molar-refractivity contribution in [2.75, 3.05) is 13.1 Å². The van der Waals surface area contributed by atoms with Crippen molar-refractivity contribution in [3.63, 3.8) is 0 Å². The Kier molecular flexibility index (Phi) is 2.91. The molecule has 0 aromatic rings. The Labute approximate surface area is 86.1 Å². The van der Waals surface area contributed by atoms with Crippen LogP contribution in [0, 0.1) is 5.41 Å². The van der Waals surface area contributed by atoms with E-state index in [0.29, 0.717) is 0 Å². The second kappa shape index (κ2) is 3.54. The van der Waals surface area contributed by atoms with Gasteiger partial charge in [0, 0.05) is 13.1 Å². The van der Waals surface area contributed by atoms with E-state index in [9.17, 15) is 9.90 Å². The van der Waals surface area contributed by atoms with Crippen molar-refractivity contribution in [3.05, 3.63) is 0 Å². The molecule has 0 aromatic heterocycles. The molecule has 3 heteroatoms. The third-order valence-electron chi connectivity index (χ3n) is 2.71. The van der Waals surface area contributed by atoms with Crippen LogP contribution in [0.1, 0.15) is 40.5 Å². The Balaban J connectivity index is 2.66. The van der Waals surface area contributed by atoms with Crippen LogP contribution in [0.25, 0.3) is 0 Å². The molecule has 0 aliphatic carbocycles. The van der Waals surface area contributed by atoms with Crippen LogP contribution in [-0.2, 0) is 4.79 Å². The molecule has 1 fully saturated rings. The molecule has 1 N–H and O–H groups in total. The summed E-state index contributed by atoms with van der Waals surface area (Å²) in [5.41, 5.74) is -1.04. The first-order valence-corrected chi connectivity index (χ1v) is 5.24. The molecule has 0 saturated carbocycles. The number of hydrogen-bond donors (Lipinski definition) is 1. The number of rotatable bonds is 1. The minimum Gasteiger partial charge on any atom is -0.381 e. The first kappa shape index (κ1) is 11.5. The van der Waals surface area contributed by atoms with Gasteiger partial charge in [-0.3, -0.25) is 4.79 Å². The zero-order valence-electron chi connectivity index (χ0n) is 9.63. The van der Waals surface area contributed by atoms with Gasteiger partial charge in [0.1, 0.15) is 5.60 Å². The van der Waals surface area contributed by atoms with Crippen LogP contribution in [0.2, 0.25) is 0 Å². The number of hydrogen-bond acceptors (Lipinski definition) is 2. The van der Waals surface area contributed by atoms with Crippen molar-refractivity contribution in [1.82, 2.24) is 4.90 Å². The van der Waals surface area contributed by atoms with E-state index in [1.165, 1.54) is 0 Å². The number of carbonyl (C=O) groups excluding carboxylic acids is 1. The number of piperidine rings is 1. The van der Waals surface area contributed by atoms with Gasteiger partial charge in [0.15, 0.2) is 0 Å². The van der Waals surface area contributed by atoms with Gasteiger partial charge in [-0.25, -0.2) is 0 Å². The molecule has 82 valence electrons. The van der Waals surface area contributed by atoms with E-state index in [4.69, 9.17) is 0 Å². The average Bonchev–Trinajstić information content (AvgIpc) is 1.99. The summed E-state index contributed by atoms with van der Waals surface area (Å²) >= 11 is 0. The third kappa shape index (κ3) is 2.71. The highest BCUT2D eigenvalue weighted by atomic mass is 16.3. The van der Waals surface area contributed by atoms with Crippen molar-refractivity contribution >= 4 is 5.91 Å². The van der Waals surface area contributed by atoms with E-state index in [0.717, 1.165) is 25.9 Å². The van der Waals surface area contributed by atoms with Crippen LogP contribution in [0.3, 0.4) is 0 Å². The molecule has 14 heavy (non-hydrogen) atoms. The van der Waals surface area contributed by atoms with E-state index in [1.807, 2.05) is 0 Å². The zero-order chi connectivity index (χ0) is 11.0. The van der Waals surface area contributed by atoms with E-state index in [1.54, 1.807) is 18.7 Å². The zero-order valence-corrected chi connectivity index (χ0v) is 9.63. The minimum atomic E-state index is -1.23. The van der Waals surface area contributed by atoms with Crippen LogP contribution in [0.4, 0.5) is 0 Å². The maximum atomic E-state index is 11.8. The fraction of sp³-hybridized carbons (Fsp3) is 0.909. The topological polar surface area (TPSA) is 40.5 Å². The maximum absolute atomic E-state index is 11.8. The number of aliphatic hydroxyl groups is 1.